The number of hydrogen-bond acceptors (Lipinski definition) is 10. The first-order valence-corrected chi connectivity index (χ1v) is 10.9. The van der Waals surface area contributed by atoms with Gasteiger partial charge in [-0.3, -0.25) is 9.78 Å². The van der Waals surface area contributed by atoms with Crippen LogP contribution in [0.1, 0.15) is 29.8 Å². The standard InChI is InChI=1S/C23H26N6O5/c1-31-18-7-14(8-19(32-2)20(18)33-3)16-9-17(27-26-16)23(30)29-11-15(12-29)22-25-21(28-34-22)13-5-4-6-24-10-13/h4-8,10,15-17,26-27H,9,11-12H2,1-3H3. The number of aromatic nitrogens is 3. The zero-order valence-electron chi connectivity index (χ0n) is 19.1. The number of likely N-dealkylation sites (tertiary alicyclic amines) is 1. The molecule has 0 saturated carbocycles. The maximum atomic E-state index is 13.0. The summed E-state index contributed by atoms with van der Waals surface area (Å²) in [5.74, 6) is 2.78. The normalized spacial score (nSPS) is 20.1. The largest absolute Gasteiger partial charge is 0.493 e. The van der Waals surface area contributed by atoms with Crippen LogP contribution in [-0.4, -0.2) is 66.4 Å². The minimum Gasteiger partial charge on any atom is -0.493 e. The van der Waals surface area contributed by atoms with Gasteiger partial charge in [0.2, 0.25) is 23.4 Å². The summed E-state index contributed by atoms with van der Waals surface area (Å²) in [5, 5.41) is 4.04. The highest BCUT2D eigenvalue weighted by Crippen LogP contribution is 2.41. The molecule has 2 aliphatic heterocycles. The SMILES string of the molecule is COc1cc(C2CC(C(=O)N3CC(c4nc(-c5cccnc5)no4)C3)NN2)cc(OC)c1OC. The smallest absolute Gasteiger partial charge is 0.241 e. The van der Waals surface area contributed by atoms with Gasteiger partial charge in [-0.2, -0.15) is 4.98 Å². The maximum absolute atomic E-state index is 13.0. The maximum Gasteiger partial charge on any atom is 0.241 e. The Morgan fingerprint density at radius 2 is 1.88 bits per heavy atom. The molecule has 34 heavy (non-hydrogen) atoms. The lowest BCUT2D eigenvalue weighted by Gasteiger charge is -2.38. The summed E-state index contributed by atoms with van der Waals surface area (Å²) < 4.78 is 21.7. The van der Waals surface area contributed by atoms with Crippen molar-refractivity contribution in [2.24, 2.45) is 0 Å². The van der Waals surface area contributed by atoms with E-state index < -0.39 is 0 Å². The van der Waals surface area contributed by atoms with E-state index in [0.717, 1.165) is 11.1 Å². The van der Waals surface area contributed by atoms with Crippen molar-refractivity contribution in [3.05, 3.63) is 48.1 Å². The lowest BCUT2D eigenvalue weighted by atomic mass is 9.96. The Balaban J connectivity index is 1.20. The zero-order chi connectivity index (χ0) is 23.7. The molecule has 0 aliphatic carbocycles. The van der Waals surface area contributed by atoms with Gasteiger partial charge in [0, 0.05) is 37.1 Å². The average molecular weight is 466 g/mol. The minimum absolute atomic E-state index is 0.0298. The summed E-state index contributed by atoms with van der Waals surface area (Å²) in [6, 6.07) is 7.05. The number of carbonyl (C=O) groups excluding carboxylic acids is 1. The van der Waals surface area contributed by atoms with Crippen LogP contribution >= 0.6 is 0 Å². The number of nitrogens with one attached hydrogen (secondary N) is 2. The highest BCUT2D eigenvalue weighted by atomic mass is 16.5. The van der Waals surface area contributed by atoms with Crippen LogP contribution < -0.4 is 25.1 Å². The Labute approximate surface area is 196 Å². The molecule has 1 aromatic carbocycles. The number of carbonyl (C=O) groups is 1. The summed E-state index contributed by atoms with van der Waals surface area (Å²) in [4.78, 5) is 23.4. The highest BCUT2D eigenvalue weighted by molar-refractivity contribution is 5.83. The van der Waals surface area contributed by atoms with Crippen LogP contribution in [0.3, 0.4) is 0 Å². The fraction of sp³-hybridized carbons (Fsp3) is 0.391. The van der Waals surface area contributed by atoms with Crippen molar-refractivity contribution in [2.75, 3.05) is 34.4 Å². The van der Waals surface area contributed by atoms with Gasteiger partial charge >= 0.3 is 0 Å². The number of methoxy groups -OCH3 is 3. The fourth-order valence-electron chi connectivity index (χ4n) is 4.29. The molecule has 0 spiro atoms. The number of rotatable bonds is 7. The Hall–Kier alpha value is -3.70. The van der Waals surface area contributed by atoms with Crippen molar-refractivity contribution >= 4 is 5.91 Å². The Morgan fingerprint density at radius 1 is 1.12 bits per heavy atom. The molecule has 2 N–H and O–H groups in total. The van der Waals surface area contributed by atoms with Crippen LogP contribution in [0.25, 0.3) is 11.4 Å². The van der Waals surface area contributed by atoms with Gasteiger partial charge in [-0.05, 0) is 36.2 Å². The molecule has 178 valence electrons. The lowest BCUT2D eigenvalue weighted by molar-refractivity contribution is -0.138. The quantitative estimate of drug-likeness (QED) is 0.532. The van der Waals surface area contributed by atoms with Crippen LogP contribution in [0.5, 0.6) is 17.2 Å². The van der Waals surface area contributed by atoms with Crippen molar-refractivity contribution in [3.8, 4) is 28.6 Å². The van der Waals surface area contributed by atoms with Gasteiger partial charge in [0.15, 0.2) is 11.5 Å². The second-order valence-electron chi connectivity index (χ2n) is 8.23. The van der Waals surface area contributed by atoms with Crippen LogP contribution in [0.4, 0.5) is 0 Å². The van der Waals surface area contributed by atoms with Gasteiger partial charge in [-0.1, -0.05) is 5.16 Å². The average Bonchev–Trinajstić information content (AvgIpc) is 3.53. The van der Waals surface area contributed by atoms with Crippen LogP contribution in [0.2, 0.25) is 0 Å². The summed E-state index contributed by atoms with van der Waals surface area (Å²) >= 11 is 0. The van der Waals surface area contributed by atoms with E-state index in [1.165, 1.54) is 0 Å². The van der Waals surface area contributed by atoms with Gasteiger partial charge in [-0.25, -0.2) is 10.9 Å². The number of hydrogen-bond donors (Lipinski definition) is 2. The zero-order valence-corrected chi connectivity index (χ0v) is 19.1. The number of nitrogens with zero attached hydrogens (tertiary/aromatic N) is 4. The topological polar surface area (TPSA) is 124 Å². The molecule has 1 amide bonds. The van der Waals surface area contributed by atoms with Gasteiger partial charge in [0.25, 0.3) is 0 Å². The van der Waals surface area contributed by atoms with E-state index in [1.807, 2.05) is 24.3 Å². The Bertz CT molecular complexity index is 1140. The van der Waals surface area contributed by atoms with E-state index in [1.54, 1.807) is 38.6 Å². The van der Waals surface area contributed by atoms with E-state index in [4.69, 9.17) is 18.7 Å². The van der Waals surface area contributed by atoms with E-state index in [9.17, 15) is 4.79 Å². The highest BCUT2D eigenvalue weighted by Gasteiger charge is 2.41. The molecule has 2 aromatic heterocycles. The predicted octanol–water partition coefficient (Wildman–Crippen LogP) is 1.69. The molecule has 11 nitrogen and oxygen atoms in total. The van der Waals surface area contributed by atoms with E-state index in [-0.39, 0.29) is 23.9 Å². The van der Waals surface area contributed by atoms with E-state index >= 15 is 0 Å². The third-order valence-electron chi connectivity index (χ3n) is 6.19. The molecule has 2 atom stereocenters. The Kier molecular flexibility index (Phi) is 6.03. The molecular weight excluding hydrogens is 440 g/mol. The molecule has 4 heterocycles. The number of amides is 1. The predicted molar refractivity (Wildman–Crippen MR) is 120 cm³/mol. The number of ether oxygens (including phenoxy) is 3. The van der Waals surface area contributed by atoms with E-state index in [2.05, 4.69) is 26.0 Å². The van der Waals surface area contributed by atoms with Crippen LogP contribution in [0.15, 0.2) is 41.2 Å². The first kappa shape index (κ1) is 22.1. The molecule has 0 bridgehead atoms. The van der Waals surface area contributed by atoms with Crippen molar-refractivity contribution in [1.82, 2.24) is 30.9 Å². The van der Waals surface area contributed by atoms with Gasteiger partial charge in [-0.15, -0.1) is 0 Å². The molecule has 11 heteroatoms. The third-order valence-corrected chi connectivity index (χ3v) is 6.19. The van der Waals surface area contributed by atoms with Crippen molar-refractivity contribution in [1.29, 1.82) is 0 Å². The van der Waals surface area contributed by atoms with E-state index in [0.29, 0.717) is 48.5 Å². The van der Waals surface area contributed by atoms with Crippen molar-refractivity contribution in [2.45, 2.75) is 24.4 Å². The van der Waals surface area contributed by atoms with Crippen LogP contribution in [-0.2, 0) is 4.79 Å². The van der Waals surface area contributed by atoms with Gasteiger partial charge < -0.3 is 23.6 Å². The monoisotopic (exact) mass is 466 g/mol. The first-order chi connectivity index (χ1) is 16.6. The molecule has 2 saturated heterocycles. The summed E-state index contributed by atoms with van der Waals surface area (Å²) in [7, 11) is 4.73. The molecule has 0 radical (unpaired) electrons. The van der Waals surface area contributed by atoms with Crippen molar-refractivity contribution in [3.63, 3.8) is 0 Å². The van der Waals surface area contributed by atoms with Gasteiger partial charge in [0.05, 0.1) is 27.2 Å². The molecule has 5 rings (SSSR count). The van der Waals surface area contributed by atoms with Gasteiger partial charge in [0.1, 0.15) is 6.04 Å². The first-order valence-electron chi connectivity index (χ1n) is 10.9. The summed E-state index contributed by atoms with van der Waals surface area (Å²) in [5.41, 5.74) is 8.07. The van der Waals surface area contributed by atoms with Crippen molar-refractivity contribution < 1.29 is 23.5 Å². The third kappa shape index (κ3) is 4.03. The molecule has 2 fully saturated rings. The number of hydrazine groups is 1. The molecular formula is C23H26N6O5. The second-order valence-corrected chi connectivity index (χ2v) is 8.23. The van der Waals surface area contributed by atoms with Crippen LogP contribution in [0, 0.1) is 0 Å². The number of pyridine rings is 1. The minimum atomic E-state index is -0.348. The second kappa shape index (κ2) is 9.27. The molecule has 2 aliphatic rings. The summed E-state index contributed by atoms with van der Waals surface area (Å²) in [6.45, 7) is 1.08. The Morgan fingerprint density at radius 3 is 2.53 bits per heavy atom. The summed E-state index contributed by atoms with van der Waals surface area (Å²) in [6.07, 6.45) is 3.97. The lowest BCUT2D eigenvalue weighted by Crippen LogP contribution is -2.54. The fourth-order valence-corrected chi connectivity index (χ4v) is 4.29. The number of benzene rings is 1. The molecule has 3 aromatic rings. The molecule has 2 unspecified atom stereocenters.